The average molecular weight is 358 g/mol. The highest BCUT2D eigenvalue weighted by Gasteiger charge is 2.24. The smallest absolute Gasteiger partial charge is 0.0938 e. The number of rotatable bonds is 12. The van der Waals surface area contributed by atoms with Crippen LogP contribution in [-0.2, 0) is 0 Å². The van der Waals surface area contributed by atoms with Gasteiger partial charge in [-0.3, -0.25) is 0 Å². The van der Waals surface area contributed by atoms with Crippen LogP contribution in [0.5, 0.6) is 0 Å². The quantitative estimate of drug-likeness (QED) is 0.296. The van der Waals surface area contributed by atoms with Gasteiger partial charge < -0.3 is 0 Å². The van der Waals surface area contributed by atoms with Crippen LogP contribution in [0.3, 0.4) is 0 Å². The standard InChI is InChI=1S/C22H37Si2/c1-6-7-8-9-10-11-15-18-22(24(19(2)3)20(4)5)23-21-16-13-12-14-17-21/h12-14,16-20H,6-11,15H2,1-5H3/b22-18-. The topological polar surface area (TPSA) is 0 Å². The van der Waals surface area contributed by atoms with Gasteiger partial charge in [0.15, 0.2) is 0 Å². The Labute approximate surface area is 155 Å². The maximum Gasteiger partial charge on any atom is 0.110 e. The van der Waals surface area contributed by atoms with E-state index in [-0.39, 0.29) is 0 Å². The van der Waals surface area contributed by atoms with Crippen LogP contribution in [0.15, 0.2) is 41.2 Å². The molecule has 1 rings (SSSR count). The Morgan fingerprint density at radius 2 is 1.50 bits per heavy atom. The van der Waals surface area contributed by atoms with Crippen LogP contribution in [-0.4, -0.2) is 18.3 Å². The normalized spacial score (nSPS) is 12.6. The molecule has 0 N–H and O–H groups in total. The molecule has 0 aromatic heterocycles. The molecule has 0 aliphatic carbocycles. The molecule has 3 radical (unpaired) electrons. The minimum Gasteiger partial charge on any atom is -0.0938 e. The van der Waals surface area contributed by atoms with Crippen molar-refractivity contribution in [3.63, 3.8) is 0 Å². The number of hydrogen-bond acceptors (Lipinski definition) is 0. The molecular formula is C22H37Si2. The van der Waals surface area contributed by atoms with Gasteiger partial charge in [-0.05, 0) is 23.9 Å². The van der Waals surface area contributed by atoms with Gasteiger partial charge in [0, 0.05) is 0 Å². The molecule has 0 spiro atoms. The lowest BCUT2D eigenvalue weighted by molar-refractivity contribution is 0.611. The number of unbranched alkanes of at least 4 members (excludes halogenated alkanes) is 6. The largest absolute Gasteiger partial charge is 0.110 e. The minimum atomic E-state index is -0.442. The first-order valence-electron chi connectivity index (χ1n) is 9.95. The van der Waals surface area contributed by atoms with Gasteiger partial charge in [0.05, 0.1) is 8.80 Å². The summed E-state index contributed by atoms with van der Waals surface area (Å²) < 4.78 is 0. The average Bonchev–Trinajstić information content (AvgIpc) is 2.54. The molecule has 0 saturated heterocycles. The van der Waals surface area contributed by atoms with Gasteiger partial charge in [0.2, 0.25) is 0 Å². The second-order valence-corrected chi connectivity index (χ2v) is 13.1. The monoisotopic (exact) mass is 357 g/mol. The van der Waals surface area contributed by atoms with E-state index >= 15 is 0 Å². The first-order valence-corrected chi connectivity index (χ1v) is 12.6. The zero-order valence-electron chi connectivity index (χ0n) is 16.6. The Balaban J connectivity index is 2.67. The van der Waals surface area contributed by atoms with E-state index in [0.29, 0.717) is 0 Å². The Morgan fingerprint density at radius 1 is 0.917 bits per heavy atom. The zero-order valence-corrected chi connectivity index (χ0v) is 18.6. The SMILES string of the molecule is CCCCCCCC/C=C(/[Si]c1ccccc1)[Si](C(C)C)C(C)C. The number of benzene rings is 1. The van der Waals surface area contributed by atoms with Gasteiger partial charge in [0.25, 0.3) is 0 Å². The summed E-state index contributed by atoms with van der Waals surface area (Å²) in [6.07, 6.45) is 12.3. The van der Waals surface area contributed by atoms with Crippen molar-refractivity contribution in [2.24, 2.45) is 0 Å². The molecule has 133 valence electrons. The highest BCUT2D eigenvalue weighted by molar-refractivity contribution is 6.87. The molecule has 0 amide bonds. The van der Waals surface area contributed by atoms with Gasteiger partial charge in [-0.15, -0.1) is 0 Å². The summed E-state index contributed by atoms with van der Waals surface area (Å²) in [5.74, 6) is 0. The molecule has 2 heteroatoms. The fourth-order valence-corrected chi connectivity index (χ4v) is 9.99. The Kier molecular flexibility index (Phi) is 11.4. The predicted molar refractivity (Wildman–Crippen MR) is 114 cm³/mol. The van der Waals surface area contributed by atoms with E-state index in [1.54, 1.807) is 4.82 Å². The third kappa shape index (κ3) is 8.48. The molecule has 0 bridgehead atoms. The first kappa shape index (κ1) is 21.4. The van der Waals surface area contributed by atoms with Crippen molar-refractivity contribution in [2.45, 2.75) is 90.6 Å². The van der Waals surface area contributed by atoms with E-state index in [1.165, 1.54) is 50.1 Å². The molecule has 1 aromatic rings. The van der Waals surface area contributed by atoms with Crippen LogP contribution in [0, 0.1) is 0 Å². The molecular weight excluding hydrogens is 320 g/mol. The van der Waals surface area contributed by atoms with Crippen molar-refractivity contribution in [3.8, 4) is 0 Å². The molecule has 0 atom stereocenters. The summed E-state index contributed by atoms with van der Waals surface area (Å²) in [6.45, 7) is 12.0. The van der Waals surface area contributed by atoms with Gasteiger partial charge in [-0.2, -0.15) is 0 Å². The third-order valence-corrected chi connectivity index (χ3v) is 10.2. The van der Waals surface area contributed by atoms with Crippen molar-refractivity contribution < 1.29 is 0 Å². The summed E-state index contributed by atoms with van der Waals surface area (Å²) in [6, 6.07) is 11.1. The lowest BCUT2D eigenvalue weighted by Gasteiger charge is -2.26. The Morgan fingerprint density at radius 3 is 2.08 bits per heavy atom. The molecule has 24 heavy (non-hydrogen) atoms. The second kappa shape index (κ2) is 12.7. The van der Waals surface area contributed by atoms with Gasteiger partial charge >= 0.3 is 0 Å². The number of hydrogen-bond donors (Lipinski definition) is 0. The summed E-state index contributed by atoms with van der Waals surface area (Å²) in [5.41, 5.74) is 1.64. The zero-order chi connectivity index (χ0) is 17.8. The van der Waals surface area contributed by atoms with Crippen molar-refractivity contribution in [2.75, 3.05) is 0 Å². The van der Waals surface area contributed by atoms with Crippen molar-refractivity contribution in [1.29, 1.82) is 0 Å². The number of allylic oxidation sites excluding steroid dienone is 1. The fraction of sp³-hybridized carbons (Fsp3) is 0.636. The van der Waals surface area contributed by atoms with Crippen molar-refractivity contribution in [3.05, 3.63) is 41.2 Å². The van der Waals surface area contributed by atoms with Crippen LogP contribution >= 0.6 is 0 Å². The summed E-state index contributed by atoms with van der Waals surface area (Å²) in [4.78, 5) is 1.80. The molecule has 0 aliphatic heterocycles. The molecule has 0 heterocycles. The minimum absolute atomic E-state index is 0.442. The summed E-state index contributed by atoms with van der Waals surface area (Å²) in [5, 5.41) is 1.51. The fourth-order valence-electron chi connectivity index (χ4n) is 3.38. The van der Waals surface area contributed by atoms with Gasteiger partial charge in [-0.25, -0.2) is 0 Å². The molecule has 0 aliphatic rings. The third-order valence-electron chi connectivity index (χ3n) is 4.51. The molecule has 1 aromatic carbocycles. The maximum atomic E-state index is 2.64. The lowest BCUT2D eigenvalue weighted by atomic mass is 10.1. The Hall–Kier alpha value is -0.606. The van der Waals surface area contributed by atoms with Crippen LogP contribution < -0.4 is 5.19 Å². The van der Waals surface area contributed by atoms with E-state index in [1.807, 2.05) is 0 Å². The van der Waals surface area contributed by atoms with Gasteiger partial charge in [-0.1, -0.05) is 113 Å². The highest BCUT2D eigenvalue weighted by Crippen LogP contribution is 2.26. The molecule has 0 unspecified atom stereocenters. The van der Waals surface area contributed by atoms with Crippen LogP contribution in [0.1, 0.15) is 79.6 Å². The first-order chi connectivity index (χ1) is 11.6. The summed E-state index contributed by atoms with van der Waals surface area (Å²) >= 11 is 0. The molecule has 0 saturated carbocycles. The van der Waals surface area contributed by atoms with E-state index in [0.717, 1.165) is 20.6 Å². The van der Waals surface area contributed by atoms with E-state index in [4.69, 9.17) is 0 Å². The van der Waals surface area contributed by atoms with E-state index in [2.05, 4.69) is 71.0 Å². The second-order valence-electron chi connectivity index (χ2n) is 7.43. The lowest BCUT2D eigenvalue weighted by Crippen LogP contribution is -2.32. The van der Waals surface area contributed by atoms with Crippen molar-refractivity contribution >= 4 is 23.5 Å². The van der Waals surface area contributed by atoms with Crippen LogP contribution in [0.4, 0.5) is 0 Å². The van der Waals surface area contributed by atoms with Crippen molar-refractivity contribution in [1.82, 2.24) is 0 Å². The maximum absolute atomic E-state index is 2.64. The Bertz CT molecular complexity index is 440. The molecule has 0 nitrogen and oxygen atoms in total. The van der Waals surface area contributed by atoms with Crippen LogP contribution in [0.2, 0.25) is 11.1 Å². The molecule has 0 fully saturated rings. The predicted octanol–water partition coefficient (Wildman–Crippen LogP) is 6.50. The highest BCUT2D eigenvalue weighted by atomic mass is 28.3. The van der Waals surface area contributed by atoms with Gasteiger partial charge in [0.1, 0.15) is 9.52 Å². The van der Waals surface area contributed by atoms with E-state index < -0.39 is 8.80 Å². The van der Waals surface area contributed by atoms with E-state index in [9.17, 15) is 0 Å². The summed E-state index contributed by atoms with van der Waals surface area (Å²) in [7, 11) is 0.438. The van der Waals surface area contributed by atoms with Crippen LogP contribution in [0.25, 0.3) is 0 Å².